The summed E-state index contributed by atoms with van der Waals surface area (Å²) in [5.74, 6) is -0.666. The minimum Gasteiger partial charge on any atom is -0.289 e. The molecule has 0 bridgehead atoms. The van der Waals surface area contributed by atoms with Crippen molar-refractivity contribution >= 4 is 17.5 Å². The van der Waals surface area contributed by atoms with E-state index < -0.39 is 10.7 Å². The van der Waals surface area contributed by atoms with E-state index in [1.54, 1.807) is 12.1 Å². The maximum Gasteiger partial charge on any atom is 0.273 e. The molecule has 4 nitrogen and oxygen atoms in total. The first kappa shape index (κ1) is 16.5. The van der Waals surface area contributed by atoms with Gasteiger partial charge in [0.05, 0.1) is 4.92 Å². The Hall–Kier alpha value is -2.82. The van der Waals surface area contributed by atoms with E-state index in [2.05, 4.69) is 0 Å². The van der Waals surface area contributed by atoms with E-state index in [1.807, 2.05) is 13.8 Å². The fourth-order valence-electron chi connectivity index (χ4n) is 2.19. The second kappa shape index (κ2) is 6.96. The maximum absolute atomic E-state index is 12.8. The molecule has 5 heteroatoms. The Morgan fingerprint density at radius 2 is 1.83 bits per heavy atom. The molecule has 2 rings (SSSR count). The molecule has 0 amide bonds. The Balaban J connectivity index is 2.25. The summed E-state index contributed by atoms with van der Waals surface area (Å²) in [6.07, 6.45) is 2.84. The summed E-state index contributed by atoms with van der Waals surface area (Å²) in [6.45, 7) is 3.77. The van der Waals surface area contributed by atoms with Gasteiger partial charge in [-0.3, -0.25) is 14.9 Å². The molecule has 0 fully saturated rings. The fourth-order valence-corrected chi connectivity index (χ4v) is 2.19. The van der Waals surface area contributed by atoms with E-state index in [4.69, 9.17) is 0 Å². The molecule has 2 aromatic rings. The molecule has 0 spiro atoms. The molecule has 0 atom stereocenters. The second-order valence-electron chi connectivity index (χ2n) is 5.43. The van der Waals surface area contributed by atoms with E-state index in [0.29, 0.717) is 16.7 Å². The summed E-state index contributed by atoms with van der Waals surface area (Å²) in [5, 5.41) is 11.1. The Morgan fingerprint density at radius 3 is 2.39 bits per heavy atom. The largest absolute Gasteiger partial charge is 0.289 e. The van der Waals surface area contributed by atoms with Crippen molar-refractivity contribution in [2.24, 2.45) is 0 Å². The third-order valence-corrected chi connectivity index (χ3v) is 3.43. The van der Waals surface area contributed by atoms with Crippen LogP contribution in [0, 0.1) is 15.9 Å². The van der Waals surface area contributed by atoms with Crippen LogP contribution in [0.3, 0.4) is 0 Å². The molecule has 0 aliphatic heterocycles. The van der Waals surface area contributed by atoms with Crippen LogP contribution in [-0.4, -0.2) is 10.7 Å². The van der Waals surface area contributed by atoms with Crippen molar-refractivity contribution in [3.63, 3.8) is 0 Å². The molecular formula is C18H16FNO3. The van der Waals surface area contributed by atoms with Crippen LogP contribution in [0.25, 0.3) is 6.08 Å². The van der Waals surface area contributed by atoms with Crippen molar-refractivity contribution in [3.8, 4) is 0 Å². The highest BCUT2D eigenvalue weighted by atomic mass is 19.1. The van der Waals surface area contributed by atoms with Crippen molar-refractivity contribution in [1.29, 1.82) is 0 Å². The van der Waals surface area contributed by atoms with Gasteiger partial charge in [0.1, 0.15) is 5.82 Å². The topological polar surface area (TPSA) is 60.2 Å². The van der Waals surface area contributed by atoms with Gasteiger partial charge < -0.3 is 0 Å². The lowest BCUT2D eigenvalue weighted by Gasteiger charge is -2.06. The monoisotopic (exact) mass is 313 g/mol. The number of rotatable bonds is 5. The Morgan fingerprint density at radius 1 is 1.17 bits per heavy atom. The molecule has 118 valence electrons. The van der Waals surface area contributed by atoms with Crippen molar-refractivity contribution in [2.45, 2.75) is 19.8 Å². The van der Waals surface area contributed by atoms with Crippen molar-refractivity contribution in [3.05, 3.63) is 81.2 Å². The van der Waals surface area contributed by atoms with Gasteiger partial charge >= 0.3 is 0 Å². The number of hydrogen-bond donors (Lipinski definition) is 0. The van der Waals surface area contributed by atoms with Crippen LogP contribution in [-0.2, 0) is 0 Å². The summed E-state index contributed by atoms with van der Waals surface area (Å²) in [6, 6.07) is 10.1. The zero-order chi connectivity index (χ0) is 17.0. The number of hydrogen-bond acceptors (Lipinski definition) is 3. The first-order chi connectivity index (χ1) is 10.9. The van der Waals surface area contributed by atoms with Gasteiger partial charge in [0.25, 0.3) is 5.69 Å². The van der Waals surface area contributed by atoms with Gasteiger partial charge in [0.2, 0.25) is 0 Å². The fraction of sp³-hybridized carbons (Fsp3) is 0.167. The number of nitro groups is 1. The molecular weight excluding hydrogens is 297 g/mol. The maximum atomic E-state index is 12.8. The average molecular weight is 313 g/mol. The third kappa shape index (κ3) is 4.10. The van der Waals surface area contributed by atoms with Gasteiger partial charge in [-0.05, 0) is 41.8 Å². The number of nitrogens with zero attached hydrogens (tertiary/aromatic N) is 1. The minimum atomic E-state index is -0.422. The lowest BCUT2D eigenvalue weighted by atomic mass is 9.99. The predicted octanol–water partition coefficient (Wildman–Crippen LogP) is 4.75. The van der Waals surface area contributed by atoms with Crippen LogP contribution < -0.4 is 0 Å². The van der Waals surface area contributed by atoms with Crippen LogP contribution in [0.5, 0.6) is 0 Å². The molecule has 0 heterocycles. The Kier molecular flexibility index (Phi) is 5.01. The highest BCUT2D eigenvalue weighted by Crippen LogP contribution is 2.27. The van der Waals surface area contributed by atoms with Crippen molar-refractivity contribution < 1.29 is 14.1 Å². The average Bonchev–Trinajstić information content (AvgIpc) is 2.52. The number of carbonyl (C=O) groups excluding carboxylic acids is 1. The van der Waals surface area contributed by atoms with E-state index >= 15 is 0 Å². The van der Waals surface area contributed by atoms with Gasteiger partial charge in [0.15, 0.2) is 5.78 Å². The zero-order valence-corrected chi connectivity index (χ0v) is 12.8. The van der Waals surface area contributed by atoms with Crippen LogP contribution in [0.1, 0.15) is 41.3 Å². The highest BCUT2D eigenvalue weighted by molar-refractivity contribution is 6.06. The molecule has 0 saturated heterocycles. The Labute approximate surface area is 133 Å². The van der Waals surface area contributed by atoms with Gasteiger partial charge in [0, 0.05) is 17.2 Å². The molecule has 23 heavy (non-hydrogen) atoms. The first-order valence-electron chi connectivity index (χ1n) is 7.15. The summed E-state index contributed by atoms with van der Waals surface area (Å²) in [7, 11) is 0. The third-order valence-electron chi connectivity index (χ3n) is 3.43. The second-order valence-corrected chi connectivity index (χ2v) is 5.43. The highest BCUT2D eigenvalue weighted by Gasteiger charge is 2.16. The van der Waals surface area contributed by atoms with E-state index in [1.165, 1.54) is 42.5 Å². The number of ketones is 1. The van der Waals surface area contributed by atoms with E-state index in [0.717, 1.165) is 0 Å². The quantitative estimate of drug-likeness (QED) is 0.346. The number of nitro benzene ring substituents is 1. The van der Waals surface area contributed by atoms with Gasteiger partial charge in [-0.2, -0.15) is 0 Å². The number of carbonyl (C=O) groups is 1. The molecule has 2 aromatic carbocycles. The number of halogens is 1. The number of allylic oxidation sites excluding steroid dienone is 1. The van der Waals surface area contributed by atoms with Gasteiger partial charge in [-0.1, -0.05) is 32.1 Å². The van der Waals surface area contributed by atoms with E-state index in [9.17, 15) is 19.3 Å². The van der Waals surface area contributed by atoms with Crippen molar-refractivity contribution in [2.75, 3.05) is 0 Å². The summed E-state index contributed by atoms with van der Waals surface area (Å²) < 4.78 is 12.8. The standard InChI is InChI=1S/C18H16FNO3/c1-12(2)16-9-3-13(11-17(16)20(22)23)4-10-18(21)14-5-7-15(19)8-6-14/h3-12H,1-2H3/b10-4+. The molecule has 0 aliphatic rings. The number of benzene rings is 2. The smallest absolute Gasteiger partial charge is 0.273 e. The summed E-state index contributed by atoms with van der Waals surface area (Å²) >= 11 is 0. The van der Waals surface area contributed by atoms with Crippen LogP contribution >= 0.6 is 0 Å². The van der Waals surface area contributed by atoms with Crippen molar-refractivity contribution in [1.82, 2.24) is 0 Å². The van der Waals surface area contributed by atoms with Crippen LogP contribution in [0.4, 0.5) is 10.1 Å². The van der Waals surface area contributed by atoms with E-state index in [-0.39, 0.29) is 17.4 Å². The normalized spacial score (nSPS) is 11.1. The summed E-state index contributed by atoms with van der Waals surface area (Å²) in [4.78, 5) is 22.7. The lowest BCUT2D eigenvalue weighted by Crippen LogP contribution is -1.98. The summed E-state index contributed by atoms with van der Waals surface area (Å²) in [5.41, 5.74) is 1.61. The molecule has 0 aliphatic carbocycles. The molecule has 0 saturated carbocycles. The van der Waals surface area contributed by atoms with Crippen LogP contribution in [0.2, 0.25) is 0 Å². The predicted molar refractivity (Wildman–Crippen MR) is 86.9 cm³/mol. The van der Waals surface area contributed by atoms with Gasteiger partial charge in [-0.15, -0.1) is 0 Å². The lowest BCUT2D eigenvalue weighted by molar-refractivity contribution is -0.385. The Bertz CT molecular complexity index is 764. The SMILES string of the molecule is CC(C)c1ccc(/C=C/C(=O)c2ccc(F)cc2)cc1[N+](=O)[O-]. The van der Waals surface area contributed by atoms with Gasteiger partial charge in [-0.25, -0.2) is 4.39 Å². The molecule has 0 aromatic heterocycles. The minimum absolute atomic E-state index is 0.0364. The zero-order valence-electron chi connectivity index (χ0n) is 12.8. The molecule has 0 unspecified atom stereocenters. The van der Waals surface area contributed by atoms with Crippen LogP contribution in [0.15, 0.2) is 48.5 Å². The molecule has 0 N–H and O–H groups in total. The first-order valence-corrected chi connectivity index (χ1v) is 7.15. The molecule has 0 radical (unpaired) electrons.